The van der Waals surface area contributed by atoms with E-state index in [1.54, 1.807) is 0 Å². The maximum atomic E-state index is 4.79. The molecule has 19 heavy (non-hydrogen) atoms. The number of hydrogen-bond acceptors (Lipinski definition) is 2. The van der Waals surface area contributed by atoms with Crippen LogP contribution < -0.4 is 0 Å². The molecule has 4 aliphatic rings. The molecule has 4 bridgehead atoms. The molecule has 98 valence electrons. The van der Waals surface area contributed by atoms with Gasteiger partial charge in [-0.3, -0.25) is 0 Å². The predicted octanol–water partition coefficient (Wildman–Crippen LogP) is 4.46. The lowest BCUT2D eigenvalue weighted by Crippen LogP contribution is -2.49. The fourth-order valence-electron chi connectivity index (χ4n) is 4.89. The monoisotopic (exact) mass is 252 g/mol. The molecule has 0 saturated heterocycles. The van der Waals surface area contributed by atoms with Crippen LogP contribution in [0, 0.1) is 17.8 Å². The highest BCUT2D eigenvalue weighted by molar-refractivity contribution is 5.52. The normalized spacial score (nSPS) is 38.8. The van der Waals surface area contributed by atoms with Crippen molar-refractivity contribution in [1.82, 2.24) is 0 Å². The quantitative estimate of drug-likeness (QED) is 0.694. The predicted molar refractivity (Wildman–Crippen MR) is 76.9 cm³/mol. The summed E-state index contributed by atoms with van der Waals surface area (Å²) >= 11 is 0. The molecular formula is C17H20N2. The van der Waals surface area contributed by atoms with E-state index in [1.807, 2.05) is 30.3 Å². The van der Waals surface area contributed by atoms with Crippen molar-refractivity contribution in [3.05, 3.63) is 30.3 Å². The highest BCUT2D eigenvalue weighted by atomic mass is 14.9. The number of benzene rings is 1. The SMILES string of the molecule is C(=Nc1ccccc1)=NC12CC3CC(CC(C3)C1)C2. The first-order chi connectivity index (χ1) is 9.31. The van der Waals surface area contributed by atoms with Gasteiger partial charge in [-0.15, -0.1) is 0 Å². The van der Waals surface area contributed by atoms with Gasteiger partial charge in [0.1, 0.15) is 0 Å². The summed E-state index contributed by atoms with van der Waals surface area (Å²) in [7, 11) is 0. The fraction of sp³-hybridized carbons (Fsp3) is 0.588. The Morgan fingerprint density at radius 3 is 2.05 bits per heavy atom. The molecule has 5 rings (SSSR count). The van der Waals surface area contributed by atoms with Crippen LogP contribution in [0.15, 0.2) is 40.3 Å². The first-order valence-corrected chi connectivity index (χ1v) is 7.54. The molecule has 0 radical (unpaired) electrons. The van der Waals surface area contributed by atoms with Gasteiger partial charge in [-0.1, -0.05) is 18.2 Å². The molecule has 0 atom stereocenters. The summed E-state index contributed by atoms with van der Waals surface area (Å²) in [6.07, 6.45) is 8.25. The van der Waals surface area contributed by atoms with Crippen molar-refractivity contribution in [3.8, 4) is 0 Å². The third-order valence-corrected chi connectivity index (χ3v) is 5.23. The van der Waals surface area contributed by atoms with Gasteiger partial charge in [-0.2, -0.15) is 4.99 Å². The van der Waals surface area contributed by atoms with Gasteiger partial charge >= 0.3 is 0 Å². The highest BCUT2D eigenvalue weighted by Crippen LogP contribution is 2.57. The molecular weight excluding hydrogens is 232 g/mol. The minimum atomic E-state index is 0.201. The molecule has 0 spiro atoms. The third-order valence-electron chi connectivity index (χ3n) is 5.23. The van der Waals surface area contributed by atoms with Crippen LogP contribution in [0.1, 0.15) is 38.5 Å². The largest absolute Gasteiger partial charge is 0.219 e. The maximum Gasteiger partial charge on any atom is 0.0954 e. The Morgan fingerprint density at radius 1 is 0.895 bits per heavy atom. The second-order valence-electron chi connectivity index (χ2n) is 6.80. The Balaban J connectivity index is 1.58. The number of rotatable bonds is 2. The van der Waals surface area contributed by atoms with Crippen LogP contribution in [0.2, 0.25) is 0 Å². The molecule has 1 aromatic carbocycles. The fourth-order valence-corrected chi connectivity index (χ4v) is 4.89. The lowest BCUT2D eigenvalue weighted by Gasteiger charge is -2.54. The zero-order valence-electron chi connectivity index (χ0n) is 11.3. The molecule has 4 fully saturated rings. The van der Waals surface area contributed by atoms with E-state index in [0.29, 0.717) is 0 Å². The van der Waals surface area contributed by atoms with Crippen molar-refractivity contribution in [1.29, 1.82) is 0 Å². The standard InChI is InChI=1S/C17H20N2/c1-2-4-16(5-3-1)18-12-19-17-9-13-6-14(10-17)8-15(7-13)11-17/h1-5,13-15H,6-11H2. The van der Waals surface area contributed by atoms with Gasteiger partial charge < -0.3 is 0 Å². The Kier molecular flexibility index (Phi) is 2.60. The lowest BCUT2D eigenvalue weighted by molar-refractivity contribution is 0.00200. The summed E-state index contributed by atoms with van der Waals surface area (Å²) in [6.45, 7) is 0. The van der Waals surface area contributed by atoms with Crippen LogP contribution in [0.25, 0.3) is 0 Å². The molecule has 4 aliphatic carbocycles. The molecule has 4 saturated carbocycles. The Labute approximate surface area is 114 Å². The van der Waals surface area contributed by atoms with Crippen LogP contribution in [-0.2, 0) is 0 Å². The molecule has 0 heterocycles. The van der Waals surface area contributed by atoms with E-state index in [1.165, 1.54) is 38.5 Å². The molecule has 2 nitrogen and oxygen atoms in total. The Bertz CT molecular complexity index is 490. The number of aliphatic imine (C=N–C) groups is 2. The summed E-state index contributed by atoms with van der Waals surface area (Å²) in [4.78, 5) is 9.16. The van der Waals surface area contributed by atoms with E-state index < -0.39 is 0 Å². The van der Waals surface area contributed by atoms with E-state index in [-0.39, 0.29) is 5.54 Å². The van der Waals surface area contributed by atoms with E-state index in [0.717, 1.165) is 23.4 Å². The number of hydrogen-bond donors (Lipinski definition) is 0. The molecule has 2 heteroatoms. The molecule has 0 aliphatic heterocycles. The summed E-state index contributed by atoms with van der Waals surface area (Å²) < 4.78 is 0. The third kappa shape index (κ3) is 2.15. The Morgan fingerprint density at radius 2 is 1.47 bits per heavy atom. The van der Waals surface area contributed by atoms with Gasteiger partial charge in [0.25, 0.3) is 0 Å². The summed E-state index contributed by atoms with van der Waals surface area (Å²) in [5.74, 6) is 2.82. The van der Waals surface area contributed by atoms with Crippen molar-refractivity contribution in [3.63, 3.8) is 0 Å². The van der Waals surface area contributed by atoms with Gasteiger partial charge in [0.15, 0.2) is 0 Å². The molecule has 0 unspecified atom stereocenters. The van der Waals surface area contributed by atoms with Crippen LogP contribution in [0.4, 0.5) is 5.69 Å². The zero-order chi connectivity index (χ0) is 12.7. The highest BCUT2D eigenvalue weighted by Gasteiger charge is 2.50. The number of nitrogens with zero attached hydrogens (tertiary/aromatic N) is 2. The summed E-state index contributed by atoms with van der Waals surface area (Å²) in [5.41, 5.74) is 1.16. The molecule has 0 amide bonds. The average molecular weight is 252 g/mol. The second kappa shape index (κ2) is 4.31. The van der Waals surface area contributed by atoms with Gasteiger partial charge in [0, 0.05) is 0 Å². The van der Waals surface area contributed by atoms with E-state index in [2.05, 4.69) is 11.0 Å². The van der Waals surface area contributed by atoms with Crippen LogP contribution >= 0.6 is 0 Å². The molecule has 0 aromatic heterocycles. The smallest absolute Gasteiger partial charge is 0.0954 e. The first-order valence-electron chi connectivity index (χ1n) is 7.54. The van der Waals surface area contributed by atoms with E-state index in [4.69, 9.17) is 4.99 Å². The van der Waals surface area contributed by atoms with Crippen molar-refractivity contribution in [2.24, 2.45) is 27.7 Å². The van der Waals surface area contributed by atoms with Crippen molar-refractivity contribution in [2.75, 3.05) is 0 Å². The van der Waals surface area contributed by atoms with Crippen molar-refractivity contribution in [2.45, 2.75) is 44.1 Å². The number of para-hydroxylation sites is 1. The summed E-state index contributed by atoms with van der Waals surface area (Å²) in [6, 6.07) is 13.0. The van der Waals surface area contributed by atoms with Crippen molar-refractivity contribution >= 4 is 11.7 Å². The maximum absolute atomic E-state index is 4.79. The molecule has 1 aromatic rings. The van der Waals surface area contributed by atoms with Crippen molar-refractivity contribution < 1.29 is 0 Å². The average Bonchev–Trinajstić information content (AvgIpc) is 2.38. The van der Waals surface area contributed by atoms with Crippen LogP contribution in [0.3, 0.4) is 0 Å². The zero-order valence-corrected chi connectivity index (χ0v) is 11.3. The van der Waals surface area contributed by atoms with Gasteiger partial charge in [-0.25, -0.2) is 4.99 Å². The molecule has 0 N–H and O–H groups in total. The van der Waals surface area contributed by atoms with Crippen LogP contribution in [0.5, 0.6) is 0 Å². The van der Waals surface area contributed by atoms with Gasteiger partial charge in [0.2, 0.25) is 0 Å². The second-order valence-corrected chi connectivity index (χ2v) is 6.80. The lowest BCUT2D eigenvalue weighted by atomic mass is 9.53. The topological polar surface area (TPSA) is 24.7 Å². The van der Waals surface area contributed by atoms with E-state index in [9.17, 15) is 0 Å². The van der Waals surface area contributed by atoms with Gasteiger partial charge in [0.05, 0.1) is 17.2 Å². The minimum Gasteiger partial charge on any atom is -0.219 e. The van der Waals surface area contributed by atoms with E-state index >= 15 is 0 Å². The Hall–Kier alpha value is -1.40. The summed E-state index contributed by atoms with van der Waals surface area (Å²) in [5, 5.41) is 0. The first kappa shape index (κ1) is 11.4. The minimum absolute atomic E-state index is 0.201. The van der Waals surface area contributed by atoms with Gasteiger partial charge in [-0.05, 0) is 68.4 Å². The van der Waals surface area contributed by atoms with Crippen LogP contribution in [-0.4, -0.2) is 11.5 Å².